The summed E-state index contributed by atoms with van der Waals surface area (Å²) in [5.41, 5.74) is 0.0326. The third kappa shape index (κ3) is 4.77. The molecule has 1 heterocycles. The molecule has 0 bridgehead atoms. The van der Waals surface area contributed by atoms with Crippen LogP contribution in [0.15, 0.2) is 30.3 Å². The minimum absolute atomic E-state index is 0. The molecule has 21 heavy (non-hydrogen) atoms. The minimum atomic E-state index is -1.31. The van der Waals surface area contributed by atoms with Crippen LogP contribution in [-0.4, -0.2) is 31.9 Å². The first-order valence-electron chi connectivity index (χ1n) is 5.26. The third-order valence-electron chi connectivity index (χ3n) is 2.46. The number of benzene rings is 1. The van der Waals surface area contributed by atoms with Crippen molar-refractivity contribution in [2.45, 2.75) is 6.54 Å². The fourth-order valence-corrected chi connectivity index (χ4v) is 1.58. The van der Waals surface area contributed by atoms with Gasteiger partial charge in [-0.05, 0) is 17.7 Å². The summed E-state index contributed by atoms with van der Waals surface area (Å²) in [7, 11) is 0. The van der Waals surface area contributed by atoms with E-state index in [9.17, 15) is 14.0 Å². The summed E-state index contributed by atoms with van der Waals surface area (Å²) < 4.78 is 13.8. The first-order chi connectivity index (χ1) is 8.97. The Labute approximate surface area is 146 Å². The normalized spacial score (nSPS) is 9.38. The zero-order valence-corrected chi connectivity index (χ0v) is 11.6. The molecule has 0 saturated carbocycles. The van der Waals surface area contributed by atoms with Crippen LogP contribution in [0.4, 0.5) is 4.39 Å². The molecule has 0 spiro atoms. The first kappa shape index (κ1) is 19.5. The molecule has 0 amide bonds. The third-order valence-corrected chi connectivity index (χ3v) is 2.46. The summed E-state index contributed by atoms with van der Waals surface area (Å²) in [5.74, 6) is -2.99. The van der Waals surface area contributed by atoms with Crippen LogP contribution in [0.3, 0.4) is 0 Å². The number of rotatable bonds is 4. The molecular formula is C12H11FLi2N2O4. The van der Waals surface area contributed by atoms with Crippen molar-refractivity contribution < 1.29 is 64.8 Å². The van der Waals surface area contributed by atoms with Gasteiger partial charge in [-0.1, -0.05) is 12.1 Å². The van der Waals surface area contributed by atoms with Crippen LogP contribution in [0.2, 0.25) is 0 Å². The summed E-state index contributed by atoms with van der Waals surface area (Å²) in [4.78, 5) is 21.8. The predicted octanol–water partition coefficient (Wildman–Crippen LogP) is -4.30. The van der Waals surface area contributed by atoms with E-state index >= 15 is 0 Å². The summed E-state index contributed by atoms with van der Waals surface area (Å²) in [6.45, 7) is 0.0508. The van der Waals surface area contributed by atoms with Gasteiger partial charge in [-0.15, -0.1) is 0 Å². The van der Waals surface area contributed by atoms with Gasteiger partial charge >= 0.3 is 49.7 Å². The van der Waals surface area contributed by atoms with Gasteiger partial charge in [0.2, 0.25) is 0 Å². The van der Waals surface area contributed by atoms with E-state index in [0.29, 0.717) is 5.56 Å². The summed E-state index contributed by atoms with van der Waals surface area (Å²) in [5, 5.41) is 21.4. The first-order valence-corrected chi connectivity index (χ1v) is 5.26. The van der Waals surface area contributed by atoms with Crippen molar-refractivity contribution >= 4 is 11.9 Å². The zero-order chi connectivity index (χ0) is 14.0. The van der Waals surface area contributed by atoms with Crippen molar-refractivity contribution in [3.8, 4) is 0 Å². The molecule has 0 aliphatic rings. The van der Waals surface area contributed by atoms with Crippen LogP contribution >= 0.6 is 0 Å². The summed E-state index contributed by atoms with van der Waals surface area (Å²) in [6, 6.07) is 6.40. The predicted molar refractivity (Wildman–Crippen MR) is 63.9 cm³/mol. The van der Waals surface area contributed by atoms with Gasteiger partial charge in [0.05, 0.1) is 6.54 Å². The van der Waals surface area contributed by atoms with Gasteiger partial charge in [0, 0.05) is 6.07 Å². The Balaban J connectivity index is -0.000001000. The standard InChI is InChI=1S/C12H9FN2O4.2Li.2H/c13-8-3-1-7(2-4-8)6-15-10(12(18)19)5-9(14-15)11(16)17;;;;/h1-5H,6H2,(H,16,17)(H,18,19);;;;/q;2*+1;2*-1. The van der Waals surface area contributed by atoms with E-state index in [1.165, 1.54) is 24.3 Å². The van der Waals surface area contributed by atoms with Crippen LogP contribution in [0.5, 0.6) is 0 Å². The second-order valence-corrected chi connectivity index (χ2v) is 3.81. The number of carbonyl (C=O) groups is 2. The molecule has 0 radical (unpaired) electrons. The minimum Gasteiger partial charge on any atom is -1.00 e. The molecule has 2 aromatic rings. The molecule has 2 rings (SSSR count). The Morgan fingerprint density at radius 3 is 2.19 bits per heavy atom. The number of carboxylic acid groups (broad SMARTS) is 2. The van der Waals surface area contributed by atoms with Gasteiger partial charge in [-0.2, -0.15) is 5.10 Å². The largest absolute Gasteiger partial charge is 1.00 e. The van der Waals surface area contributed by atoms with Crippen molar-refractivity contribution in [3.63, 3.8) is 0 Å². The second kappa shape index (κ2) is 8.06. The van der Waals surface area contributed by atoms with Crippen LogP contribution in [-0.2, 0) is 6.54 Å². The van der Waals surface area contributed by atoms with Gasteiger partial charge in [-0.25, -0.2) is 14.0 Å². The molecule has 0 aliphatic heterocycles. The molecule has 1 aromatic carbocycles. The Morgan fingerprint density at radius 1 is 1.14 bits per heavy atom. The molecule has 0 saturated heterocycles. The average molecular weight is 280 g/mol. The smallest absolute Gasteiger partial charge is 1.00 e. The number of hydrogen-bond donors (Lipinski definition) is 2. The number of aromatic nitrogens is 2. The van der Waals surface area contributed by atoms with Crippen molar-refractivity contribution in [2.75, 3.05) is 0 Å². The fraction of sp³-hybridized carbons (Fsp3) is 0.0833. The Hall–Kier alpha value is -1.51. The maximum Gasteiger partial charge on any atom is 1.00 e. The maximum absolute atomic E-state index is 12.7. The van der Waals surface area contributed by atoms with Crippen molar-refractivity contribution in [1.82, 2.24) is 9.78 Å². The van der Waals surface area contributed by atoms with Crippen LogP contribution in [0, 0.1) is 5.82 Å². The zero-order valence-electron chi connectivity index (χ0n) is 13.6. The van der Waals surface area contributed by atoms with E-state index in [4.69, 9.17) is 10.2 Å². The molecule has 0 fully saturated rings. The average Bonchev–Trinajstić information content (AvgIpc) is 2.76. The molecule has 2 N–H and O–H groups in total. The maximum atomic E-state index is 12.7. The number of aromatic carboxylic acids is 2. The van der Waals surface area contributed by atoms with Gasteiger partial charge in [-0.3, -0.25) is 4.68 Å². The van der Waals surface area contributed by atoms with Crippen molar-refractivity contribution in [3.05, 3.63) is 53.1 Å². The number of nitrogens with zero attached hydrogens (tertiary/aromatic N) is 2. The van der Waals surface area contributed by atoms with Crippen molar-refractivity contribution in [1.29, 1.82) is 0 Å². The van der Waals surface area contributed by atoms with Crippen LogP contribution < -0.4 is 37.7 Å². The Kier molecular flexibility index (Phi) is 7.49. The molecule has 0 aliphatic carbocycles. The summed E-state index contributed by atoms with van der Waals surface area (Å²) >= 11 is 0. The van der Waals surface area contributed by atoms with E-state index in [1.54, 1.807) is 0 Å². The quantitative estimate of drug-likeness (QED) is 0.553. The molecule has 102 valence electrons. The van der Waals surface area contributed by atoms with E-state index in [2.05, 4.69) is 5.10 Å². The molecule has 1 aromatic heterocycles. The van der Waals surface area contributed by atoms with E-state index in [0.717, 1.165) is 10.7 Å². The van der Waals surface area contributed by atoms with Gasteiger partial charge in [0.25, 0.3) is 0 Å². The number of halogens is 1. The molecule has 0 unspecified atom stereocenters. The van der Waals surface area contributed by atoms with E-state index < -0.39 is 17.8 Å². The monoisotopic (exact) mass is 280 g/mol. The van der Waals surface area contributed by atoms with E-state index in [-0.39, 0.29) is 58.5 Å². The van der Waals surface area contributed by atoms with Crippen LogP contribution in [0.25, 0.3) is 0 Å². The number of hydrogen-bond acceptors (Lipinski definition) is 3. The van der Waals surface area contributed by atoms with E-state index in [1.807, 2.05) is 0 Å². The second-order valence-electron chi connectivity index (χ2n) is 3.81. The molecular weight excluding hydrogens is 269 g/mol. The van der Waals surface area contributed by atoms with Crippen molar-refractivity contribution in [2.24, 2.45) is 0 Å². The van der Waals surface area contributed by atoms with Crippen LogP contribution in [0.1, 0.15) is 29.4 Å². The van der Waals surface area contributed by atoms with Gasteiger partial charge < -0.3 is 13.1 Å². The molecule has 9 heteroatoms. The van der Waals surface area contributed by atoms with Gasteiger partial charge in [0.1, 0.15) is 11.5 Å². The Bertz CT molecular complexity index is 653. The molecule has 6 nitrogen and oxygen atoms in total. The topological polar surface area (TPSA) is 92.4 Å². The SMILES string of the molecule is O=C(O)c1cc(C(=O)O)n(Cc2ccc(F)cc2)n1.[H-].[H-].[Li+].[Li+]. The Morgan fingerprint density at radius 2 is 1.71 bits per heavy atom. The molecule has 0 atom stereocenters. The number of carboxylic acids is 2. The van der Waals surface area contributed by atoms with Gasteiger partial charge in [0.15, 0.2) is 5.69 Å². The summed E-state index contributed by atoms with van der Waals surface area (Å²) in [6.07, 6.45) is 0. The fourth-order valence-electron chi connectivity index (χ4n) is 1.58.